The van der Waals surface area contributed by atoms with Crippen LogP contribution in [0, 0.1) is 5.92 Å². The van der Waals surface area contributed by atoms with Crippen molar-refractivity contribution in [2.75, 3.05) is 13.1 Å². The second-order valence-electron chi connectivity index (χ2n) is 3.24. The van der Waals surface area contributed by atoms with Gasteiger partial charge in [-0.05, 0) is 41.4 Å². The molecule has 0 amide bonds. The van der Waals surface area contributed by atoms with Crippen LogP contribution in [0.25, 0.3) is 0 Å². The molecule has 4 heteroatoms. The van der Waals surface area contributed by atoms with Gasteiger partial charge in [0.25, 0.3) is 0 Å². The molecule has 1 fully saturated rings. The van der Waals surface area contributed by atoms with Gasteiger partial charge in [0, 0.05) is 12.7 Å². The molecule has 1 atom stereocenters. The highest BCUT2D eigenvalue weighted by molar-refractivity contribution is 9.10. The number of nitrogens with zero attached hydrogens (tertiary/aromatic N) is 2. The van der Waals surface area contributed by atoms with Crippen LogP contribution in [0.5, 0.6) is 0 Å². The number of hydrogen-bond acceptors (Lipinski definition) is 2. The fraction of sp³-hybridized carbons (Fsp3) is 0.625. The number of rotatable bonds is 2. The summed E-state index contributed by atoms with van der Waals surface area (Å²) in [7, 11) is 0. The van der Waals surface area contributed by atoms with Gasteiger partial charge in [-0.3, -0.25) is 4.68 Å². The van der Waals surface area contributed by atoms with Crippen LogP contribution in [-0.2, 0) is 6.54 Å². The maximum Gasteiger partial charge on any atom is 0.0632 e. The van der Waals surface area contributed by atoms with Crippen LogP contribution in [0.3, 0.4) is 0 Å². The van der Waals surface area contributed by atoms with E-state index in [1.807, 2.05) is 17.1 Å². The van der Waals surface area contributed by atoms with Crippen LogP contribution in [-0.4, -0.2) is 22.9 Å². The van der Waals surface area contributed by atoms with E-state index in [9.17, 15) is 0 Å². The summed E-state index contributed by atoms with van der Waals surface area (Å²) in [5.41, 5.74) is 0. The molecule has 1 saturated heterocycles. The lowest BCUT2D eigenvalue weighted by Crippen LogP contribution is -2.14. The van der Waals surface area contributed by atoms with E-state index in [-0.39, 0.29) is 0 Å². The van der Waals surface area contributed by atoms with Gasteiger partial charge in [-0.2, -0.15) is 5.10 Å². The zero-order chi connectivity index (χ0) is 8.39. The third-order valence-corrected chi connectivity index (χ3v) is 2.62. The first-order chi connectivity index (χ1) is 5.84. The molecule has 0 unspecified atom stereocenters. The Bertz CT molecular complexity index is 253. The minimum Gasteiger partial charge on any atom is -0.316 e. The number of hydrogen-bond donors (Lipinski definition) is 1. The Hall–Kier alpha value is -0.350. The summed E-state index contributed by atoms with van der Waals surface area (Å²) in [4.78, 5) is 0. The Morgan fingerprint density at radius 2 is 2.67 bits per heavy atom. The molecule has 66 valence electrons. The van der Waals surface area contributed by atoms with E-state index < -0.39 is 0 Å². The Labute approximate surface area is 80.3 Å². The molecule has 12 heavy (non-hydrogen) atoms. The third kappa shape index (κ3) is 1.87. The van der Waals surface area contributed by atoms with Crippen LogP contribution < -0.4 is 5.32 Å². The van der Waals surface area contributed by atoms with Crippen molar-refractivity contribution in [3.63, 3.8) is 0 Å². The molecular weight excluding hydrogens is 218 g/mol. The Morgan fingerprint density at radius 3 is 3.25 bits per heavy atom. The van der Waals surface area contributed by atoms with E-state index in [2.05, 4.69) is 26.3 Å². The molecule has 2 rings (SSSR count). The van der Waals surface area contributed by atoms with Gasteiger partial charge in [0.2, 0.25) is 0 Å². The molecule has 0 radical (unpaired) electrons. The summed E-state index contributed by atoms with van der Waals surface area (Å²) in [6.45, 7) is 3.34. The van der Waals surface area contributed by atoms with E-state index in [1.54, 1.807) is 0 Å². The quantitative estimate of drug-likeness (QED) is 0.828. The van der Waals surface area contributed by atoms with Crippen molar-refractivity contribution in [3.05, 3.63) is 16.9 Å². The monoisotopic (exact) mass is 229 g/mol. The van der Waals surface area contributed by atoms with E-state index in [4.69, 9.17) is 0 Å². The first kappa shape index (κ1) is 8.26. The van der Waals surface area contributed by atoms with Gasteiger partial charge >= 0.3 is 0 Å². The van der Waals surface area contributed by atoms with Crippen molar-refractivity contribution < 1.29 is 0 Å². The van der Waals surface area contributed by atoms with E-state index in [0.717, 1.165) is 30.0 Å². The molecule has 1 aliphatic rings. The van der Waals surface area contributed by atoms with Crippen molar-refractivity contribution in [2.24, 2.45) is 5.92 Å². The van der Waals surface area contributed by atoms with E-state index >= 15 is 0 Å². The zero-order valence-corrected chi connectivity index (χ0v) is 8.42. The molecule has 0 saturated carbocycles. The Morgan fingerprint density at radius 1 is 1.75 bits per heavy atom. The maximum atomic E-state index is 4.22. The van der Waals surface area contributed by atoms with Crippen LogP contribution in [0.4, 0.5) is 0 Å². The lowest BCUT2D eigenvalue weighted by atomic mass is 10.1. The van der Waals surface area contributed by atoms with Crippen LogP contribution in [0.2, 0.25) is 0 Å². The molecule has 1 N–H and O–H groups in total. The summed E-state index contributed by atoms with van der Waals surface area (Å²) >= 11 is 3.38. The zero-order valence-electron chi connectivity index (χ0n) is 6.83. The van der Waals surface area contributed by atoms with Gasteiger partial charge in [-0.15, -0.1) is 0 Å². The van der Waals surface area contributed by atoms with Gasteiger partial charge < -0.3 is 5.32 Å². The smallest absolute Gasteiger partial charge is 0.0632 e. The van der Waals surface area contributed by atoms with Gasteiger partial charge in [0.05, 0.1) is 10.7 Å². The second kappa shape index (κ2) is 3.58. The standard InChI is InChI=1S/C8H12BrN3/c9-8-4-11-12(6-8)5-7-1-2-10-3-7/h4,6-7,10H,1-3,5H2/t7-/m1/s1. The van der Waals surface area contributed by atoms with E-state index in [0.29, 0.717) is 0 Å². The van der Waals surface area contributed by atoms with Crippen LogP contribution in [0.1, 0.15) is 6.42 Å². The predicted octanol–water partition coefficient (Wildman–Crippen LogP) is 1.26. The fourth-order valence-corrected chi connectivity index (χ4v) is 1.90. The SMILES string of the molecule is Brc1cnn(C[C@@H]2CCNC2)c1. The Balaban J connectivity index is 1.94. The first-order valence-electron chi connectivity index (χ1n) is 4.23. The van der Waals surface area contributed by atoms with Gasteiger partial charge in [0.15, 0.2) is 0 Å². The summed E-state index contributed by atoms with van der Waals surface area (Å²) in [5, 5.41) is 7.57. The minimum atomic E-state index is 0.761. The second-order valence-corrected chi connectivity index (χ2v) is 4.16. The summed E-state index contributed by atoms with van der Waals surface area (Å²) < 4.78 is 3.07. The highest BCUT2D eigenvalue weighted by atomic mass is 79.9. The average Bonchev–Trinajstić information content (AvgIpc) is 2.63. The summed E-state index contributed by atoms with van der Waals surface area (Å²) in [5.74, 6) is 0.761. The van der Waals surface area contributed by atoms with Crippen molar-refractivity contribution >= 4 is 15.9 Å². The van der Waals surface area contributed by atoms with E-state index in [1.165, 1.54) is 6.42 Å². The topological polar surface area (TPSA) is 29.9 Å². The fourth-order valence-electron chi connectivity index (χ4n) is 1.57. The molecule has 0 aliphatic carbocycles. The lowest BCUT2D eigenvalue weighted by Gasteiger charge is -2.06. The van der Waals surface area contributed by atoms with Crippen molar-refractivity contribution in [1.29, 1.82) is 0 Å². The van der Waals surface area contributed by atoms with Crippen molar-refractivity contribution in [1.82, 2.24) is 15.1 Å². The molecule has 0 spiro atoms. The summed E-state index contributed by atoms with van der Waals surface area (Å²) in [6.07, 6.45) is 5.14. The average molecular weight is 230 g/mol. The van der Waals surface area contributed by atoms with Crippen molar-refractivity contribution in [3.8, 4) is 0 Å². The number of halogens is 1. The first-order valence-corrected chi connectivity index (χ1v) is 5.02. The van der Waals surface area contributed by atoms with Gasteiger partial charge in [-0.1, -0.05) is 0 Å². The van der Waals surface area contributed by atoms with Crippen LogP contribution >= 0.6 is 15.9 Å². The highest BCUT2D eigenvalue weighted by Gasteiger charge is 2.14. The third-order valence-electron chi connectivity index (χ3n) is 2.21. The van der Waals surface area contributed by atoms with Crippen molar-refractivity contribution in [2.45, 2.75) is 13.0 Å². The molecular formula is C8H12BrN3. The molecule has 1 aliphatic heterocycles. The molecule has 1 aromatic heterocycles. The van der Waals surface area contributed by atoms with Gasteiger partial charge in [0.1, 0.15) is 0 Å². The number of aromatic nitrogens is 2. The Kier molecular flexibility index (Phi) is 2.46. The highest BCUT2D eigenvalue weighted by Crippen LogP contribution is 2.12. The molecule has 3 nitrogen and oxygen atoms in total. The van der Waals surface area contributed by atoms with Gasteiger partial charge in [-0.25, -0.2) is 0 Å². The number of nitrogens with one attached hydrogen (secondary N) is 1. The molecule has 1 aromatic rings. The lowest BCUT2D eigenvalue weighted by molar-refractivity contribution is 0.449. The van der Waals surface area contributed by atoms with Crippen LogP contribution in [0.15, 0.2) is 16.9 Å². The maximum absolute atomic E-state index is 4.22. The molecule has 2 heterocycles. The minimum absolute atomic E-state index is 0.761. The predicted molar refractivity (Wildman–Crippen MR) is 50.9 cm³/mol. The molecule has 0 aromatic carbocycles. The normalized spacial score (nSPS) is 23.2. The molecule has 0 bridgehead atoms. The largest absolute Gasteiger partial charge is 0.316 e. The summed E-state index contributed by atoms with van der Waals surface area (Å²) in [6, 6.07) is 0.